The number of hydrogen-bond donors (Lipinski definition) is 5. The van der Waals surface area contributed by atoms with E-state index in [4.69, 9.17) is 67.1 Å². The Balaban J connectivity index is 0.691. The van der Waals surface area contributed by atoms with E-state index in [2.05, 4.69) is 33.4 Å². The van der Waals surface area contributed by atoms with Gasteiger partial charge in [-0.15, -0.1) is 0 Å². The maximum absolute atomic E-state index is 15.0. The molecule has 26 heteroatoms. The molecular weight excluding hydrogens is 1430 g/mol. The van der Waals surface area contributed by atoms with Gasteiger partial charge in [-0.2, -0.15) is 11.8 Å². The van der Waals surface area contributed by atoms with Gasteiger partial charge in [-0.1, -0.05) is 152 Å². The number of aliphatic hydroxyl groups is 1. The van der Waals surface area contributed by atoms with Crippen LogP contribution >= 0.6 is 11.8 Å². The lowest BCUT2D eigenvalue weighted by molar-refractivity contribution is -0.321. The third-order valence-corrected chi connectivity index (χ3v) is 21.9. The van der Waals surface area contributed by atoms with Crippen LogP contribution in [0.15, 0.2) is 201 Å². The summed E-state index contributed by atoms with van der Waals surface area (Å²) in [6, 6.07) is 59.2. The van der Waals surface area contributed by atoms with E-state index in [9.17, 15) is 19.5 Å². The number of nitrogens with one attached hydrogen (secondary N) is 4. The van der Waals surface area contributed by atoms with Crippen molar-refractivity contribution in [1.82, 2.24) is 40.4 Å². The highest BCUT2D eigenvalue weighted by Gasteiger charge is 2.58. The van der Waals surface area contributed by atoms with Gasteiger partial charge in [0, 0.05) is 51.0 Å². The molecule has 3 aliphatic rings. The zero-order valence-electron chi connectivity index (χ0n) is 62.8. The van der Waals surface area contributed by atoms with E-state index in [1.807, 2.05) is 193 Å². The Morgan fingerprint density at radius 3 is 1.72 bits per heavy atom. The van der Waals surface area contributed by atoms with Crippen molar-refractivity contribution in [2.75, 3.05) is 93.3 Å². The molecule has 0 aliphatic carbocycles. The highest BCUT2D eigenvalue weighted by molar-refractivity contribution is 8.00. The predicted octanol–water partition coefficient (Wildman–Crippen LogP) is 10.9. The van der Waals surface area contributed by atoms with Crippen LogP contribution in [-0.4, -0.2) is 189 Å². The quantitative estimate of drug-likeness (QED) is 0.00594. The number of imidazole rings is 1. The lowest BCUT2D eigenvalue weighted by Gasteiger charge is -2.45. The van der Waals surface area contributed by atoms with Crippen LogP contribution in [0.1, 0.15) is 96.5 Å². The third kappa shape index (κ3) is 18.2. The third-order valence-electron chi connectivity index (χ3n) is 20.4. The molecule has 4 amide bonds. The SMILES string of the molecule is COCCOC(OCCOC)[18O][C@@H]1[C@H](OC(=O)[C@H](Cc2ccccc2)NC(=O)CCCCCNC(=O)CCCC[C@@H]2SC[C@H]3[C@@H]2NC(=O)N3C(c2ccccc2)(c2ccc(OC)cc2)c2ccc(OC)cc2)[C@@H](CO)O[C@H]1n1cnc2c(NC(c3ccccc3)(c3ccc(OC)cc3)c3ccc(OC)cc3)ncnc21. The largest absolute Gasteiger partial charge is 0.497 e. The number of thioether (sulfide) groups is 1. The number of amides is 4. The maximum atomic E-state index is 15.0. The number of nitrogens with zero attached hydrogens (tertiary/aromatic N) is 5. The normalized spacial score (nSPS) is 18.5. The number of carbonyl (C=O) groups excluding carboxylic acids is 4. The standard InChI is InChI=1S/C84H97N9O16S/c1-99-47-49-105-82(106-50-48-100-2)109-76-75(69(52-94)107-79(76)92-55-88-74-77(86-54-87-78(74)92)91-83(57-23-13-8-14-24-57,58-30-38-63(101-3)39-31-58)59-32-40-64(102-4)41-33-59)108-80(97)67(51-56-21-11-7-12-22-56)89-72(96)29-17-10-20-46-85-71(95)28-19-18-27-70-73-68(53-110-70)93(81(98)90-73)84(60-25-15-9-16-26-60,61-34-42-65(103-5)43-35-61)62-36-44-66(104-6)45-37-62/h7-9,11-16,21-26,30-45,54-55,67-70,73,75-76,79,82,94H,10,17-20,27-29,46-53H2,1-6H3,(H,85,95)(H,89,96)(H,90,98)(H,86,87,91)/t67-,68-,69+,70-,73-,75+,76+,79+/m0/s1/i109+2. The number of benzene rings is 7. The maximum Gasteiger partial charge on any atom is 0.329 e. The second-order valence-electron chi connectivity index (χ2n) is 27.0. The molecule has 5 N–H and O–H groups in total. The Labute approximate surface area is 645 Å². The molecule has 7 aromatic carbocycles. The molecule has 0 bridgehead atoms. The molecule has 0 unspecified atom stereocenters. The van der Waals surface area contributed by atoms with E-state index in [-0.39, 0.29) is 80.1 Å². The Morgan fingerprint density at radius 1 is 0.627 bits per heavy atom. The molecule has 5 heterocycles. The van der Waals surface area contributed by atoms with Gasteiger partial charge >= 0.3 is 12.0 Å². The molecule has 2 aromatic heterocycles. The van der Waals surface area contributed by atoms with Crippen LogP contribution in [0.2, 0.25) is 0 Å². The second kappa shape index (κ2) is 38.5. The van der Waals surface area contributed by atoms with Crippen molar-refractivity contribution in [2.45, 2.75) is 123 Å². The summed E-state index contributed by atoms with van der Waals surface area (Å²) in [5.41, 5.74) is 4.60. The number of hydrogen-bond acceptors (Lipinski definition) is 21. The molecule has 8 atom stereocenters. The first-order valence-electron chi connectivity index (χ1n) is 37.2. The average molecular weight is 1520 g/mol. The fourth-order valence-electron chi connectivity index (χ4n) is 14.9. The predicted molar refractivity (Wildman–Crippen MR) is 415 cm³/mol. The second-order valence-corrected chi connectivity index (χ2v) is 28.3. The molecule has 0 spiro atoms. The van der Waals surface area contributed by atoms with Gasteiger partial charge in [0.15, 0.2) is 29.3 Å². The Bertz CT molecular complexity index is 4300. The van der Waals surface area contributed by atoms with Gasteiger partial charge in [0.2, 0.25) is 11.8 Å². The van der Waals surface area contributed by atoms with Crippen LogP contribution in [0.5, 0.6) is 23.0 Å². The number of carbonyl (C=O) groups is 4. The molecule has 3 fully saturated rings. The number of ether oxygens (including phenoxy) is 11. The van der Waals surface area contributed by atoms with Crippen LogP contribution in [0.4, 0.5) is 10.6 Å². The first-order chi connectivity index (χ1) is 53.9. The number of urea groups is 1. The molecule has 12 rings (SSSR count). The number of unbranched alkanes of at least 4 members (excludes halogenated alkanes) is 3. The molecule has 0 saturated carbocycles. The molecule has 580 valence electrons. The van der Waals surface area contributed by atoms with Gasteiger partial charge in [-0.05, 0) is 113 Å². The highest BCUT2D eigenvalue weighted by atomic mass is 32.2. The van der Waals surface area contributed by atoms with Crippen molar-refractivity contribution >= 4 is 52.6 Å². The van der Waals surface area contributed by atoms with Crippen LogP contribution in [-0.2, 0) is 65.0 Å². The van der Waals surface area contributed by atoms with Crippen LogP contribution in [0.3, 0.4) is 0 Å². The minimum atomic E-state index is -1.41. The number of esters is 1. The van der Waals surface area contributed by atoms with Gasteiger partial charge in [0.25, 0.3) is 6.48 Å². The van der Waals surface area contributed by atoms with Crippen molar-refractivity contribution in [2.24, 2.45) is 0 Å². The van der Waals surface area contributed by atoms with Crippen LogP contribution in [0.25, 0.3) is 11.2 Å². The zero-order chi connectivity index (χ0) is 76.8. The average Bonchev–Trinajstić information content (AvgIpc) is 1.40. The van der Waals surface area contributed by atoms with Crippen molar-refractivity contribution in [3.63, 3.8) is 0 Å². The van der Waals surface area contributed by atoms with E-state index in [0.717, 1.165) is 57.5 Å². The number of aliphatic hydroxyl groups excluding tert-OH is 1. The zero-order valence-corrected chi connectivity index (χ0v) is 63.6. The summed E-state index contributed by atoms with van der Waals surface area (Å²) in [6.07, 6.45) is 2.34. The van der Waals surface area contributed by atoms with E-state index < -0.39 is 60.7 Å². The van der Waals surface area contributed by atoms with E-state index >= 15 is 4.79 Å². The number of rotatable bonds is 41. The Hall–Kier alpha value is -10.2. The lowest BCUT2D eigenvalue weighted by Crippen LogP contribution is -2.53. The molecule has 9 aromatic rings. The van der Waals surface area contributed by atoms with Crippen molar-refractivity contribution in [1.29, 1.82) is 0 Å². The summed E-state index contributed by atoms with van der Waals surface area (Å²) >= 11 is 1.86. The summed E-state index contributed by atoms with van der Waals surface area (Å²) < 4.78 is 66.7. The summed E-state index contributed by atoms with van der Waals surface area (Å²) in [6.45, 7) is -1.20. The number of aromatic nitrogens is 4. The minimum absolute atomic E-state index is 0.0347. The first kappa shape index (κ1) is 79.4. The molecule has 3 saturated heterocycles. The van der Waals surface area contributed by atoms with Crippen LogP contribution in [0, 0.1) is 0 Å². The molecule has 25 nitrogen and oxygen atoms in total. The fourth-order valence-corrected chi connectivity index (χ4v) is 16.5. The highest BCUT2D eigenvalue weighted by Crippen LogP contribution is 2.50. The molecular formula is C84H97N9O16S. The van der Waals surface area contributed by atoms with E-state index in [1.54, 1.807) is 33.0 Å². The van der Waals surface area contributed by atoms with Gasteiger partial charge in [-0.25, -0.2) is 24.5 Å². The monoisotopic (exact) mass is 1520 g/mol. The number of anilines is 1. The van der Waals surface area contributed by atoms with Gasteiger partial charge < -0.3 is 83.4 Å². The van der Waals surface area contributed by atoms with E-state index in [0.29, 0.717) is 73.0 Å². The topological polar surface area (TPSA) is 285 Å². The summed E-state index contributed by atoms with van der Waals surface area (Å²) in [4.78, 5) is 73.6. The number of methoxy groups -OCH3 is 6. The minimum Gasteiger partial charge on any atom is -0.497 e. The summed E-state index contributed by atoms with van der Waals surface area (Å²) in [7, 11) is 9.57. The Morgan fingerprint density at radius 2 is 1.15 bits per heavy atom. The molecule has 110 heavy (non-hydrogen) atoms. The van der Waals surface area contributed by atoms with E-state index in [1.165, 1.54) is 26.9 Å². The smallest absolute Gasteiger partial charge is 0.329 e. The van der Waals surface area contributed by atoms with Gasteiger partial charge in [0.1, 0.15) is 58.7 Å². The molecule has 0 radical (unpaired) electrons. The van der Waals surface area contributed by atoms with Crippen molar-refractivity contribution in [3.8, 4) is 23.0 Å². The lowest BCUT2D eigenvalue weighted by atomic mass is 9.74. The van der Waals surface area contributed by atoms with Gasteiger partial charge in [-0.3, -0.25) is 14.2 Å². The first-order valence-corrected chi connectivity index (χ1v) is 38.2. The summed E-state index contributed by atoms with van der Waals surface area (Å²) in [5.74, 6) is 2.57. The van der Waals surface area contributed by atoms with Crippen molar-refractivity contribution < 1.29 is 76.4 Å². The fraction of sp³-hybridized carbons (Fsp3) is 0.393. The molecule has 3 aliphatic heterocycles. The van der Waals surface area contributed by atoms with Crippen LogP contribution < -0.4 is 40.2 Å². The van der Waals surface area contributed by atoms with Crippen molar-refractivity contribution in [3.05, 3.63) is 240 Å². The number of fused-ring (bicyclic) bond motifs is 2. The Kier molecular flexibility index (Phi) is 27.8. The summed E-state index contributed by atoms with van der Waals surface area (Å²) in [5, 5.41) is 24.6. The van der Waals surface area contributed by atoms with Gasteiger partial charge in [0.05, 0.1) is 79.9 Å².